The van der Waals surface area contributed by atoms with E-state index >= 15 is 0 Å². The first-order valence-electron chi connectivity index (χ1n) is 9.59. The van der Waals surface area contributed by atoms with E-state index in [9.17, 15) is 14.4 Å². The fraction of sp³-hybridized carbons (Fsp3) is 0.286. The van der Waals surface area contributed by atoms with Gasteiger partial charge in [0.25, 0.3) is 5.91 Å². The van der Waals surface area contributed by atoms with Crippen LogP contribution in [0.3, 0.4) is 0 Å². The average Bonchev–Trinajstić information content (AvgIpc) is 3.03. The zero-order valence-electron chi connectivity index (χ0n) is 17.5. The van der Waals surface area contributed by atoms with Crippen molar-refractivity contribution in [3.8, 4) is 0 Å². The number of esters is 1. The second kappa shape index (κ2) is 9.88. The average molecular weight is 459 g/mol. The number of hydrogen-bond acceptors (Lipinski definition) is 8. The van der Waals surface area contributed by atoms with E-state index in [2.05, 4.69) is 20.6 Å². The fourth-order valence-electron chi connectivity index (χ4n) is 2.75. The van der Waals surface area contributed by atoms with Gasteiger partial charge in [-0.3, -0.25) is 10.1 Å². The van der Waals surface area contributed by atoms with Gasteiger partial charge >= 0.3 is 12.0 Å². The van der Waals surface area contributed by atoms with Crippen LogP contribution in [-0.4, -0.2) is 40.5 Å². The quantitative estimate of drug-likeness (QED) is 0.426. The van der Waals surface area contributed by atoms with Crippen LogP contribution in [0, 0.1) is 13.8 Å². The lowest BCUT2D eigenvalue weighted by atomic mass is 10.2. The third kappa shape index (κ3) is 5.20. The number of fused-ring (bicyclic) bond motifs is 1. The van der Waals surface area contributed by atoms with Crippen LogP contribution in [0.4, 0.5) is 4.79 Å². The number of imide groups is 1. The van der Waals surface area contributed by atoms with Crippen molar-refractivity contribution >= 4 is 51.2 Å². The minimum atomic E-state index is -1.14. The molecule has 0 aliphatic carbocycles. The van der Waals surface area contributed by atoms with Gasteiger partial charge in [-0.05, 0) is 45.4 Å². The molecule has 1 unspecified atom stereocenters. The first-order chi connectivity index (χ1) is 14.8. The summed E-state index contributed by atoms with van der Waals surface area (Å²) in [6.07, 6.45) is 0.370. The van der Waals surface area contributed by atoms with E-state index in [-0.39, 0.29) is 0 Å². The molecule has 2 aromatic heterocycles. The monoisotopic (exact) mass is 458 g/mol. The third-order valence-corrected chi connectivity index (χ3v) is 6.67. The molecule has 2 heterocycles. The van der Waals surface area contributed by atoms with Crippen LogP contribution in [0.2, 0.25) is 0 Å². The molecule has 0 radical (unpaired) electrons. The molecule has 162 valence electrons. The molecule has 0 bridgehead atoms. The number of hydrogen-bond donors (Lipinski definition) is 2. The lowest BCUT2D eigenvalue weighted by Gasteiger charge is -2.14. The Balaban J connectivity index is 1.80. The number of nitrogens with zero attached hydrogens (tertiary/aromatic N) is 2. The topological polar surface area (TPSA) is 110 Å². The number of thiophene rings is 1. The van der Waals surface area contributed by atoms with E-state index in [1.165, 1.54) is 25.0 Å². The van der Waals surface area contributed by atoms with Gasteiger partial charge in [-0.25, -0.2) is 19.6 Å². The van der Waals surface area contributed by atoms with Crippen molar-refractivity contribution in [2.75, 3.05) is 6.54 Å². The van der Waals surface area contributed by atoms with Crippen molar-refractivity contribution in [1.29, 1.82) is 0 Å². The maximum absolute atomic E-state index is 12.8. The van der Waals surface area contributed by atoms with Gasteiger partial charge in [0.2, 0.25) is 0 Å². The summed E-state index contributed by atoms with van der Waals surface area (Å²) in [5.41, 5.74) is 1.42. The lowest BCUT2D eigenvalue weighted by molar-refractivity contribution is -0.127. The Morgan fingerprint density at radius 2 is 1.94 bits per heavy atom. The molecular weight excluding hydrogens is 436 g/mol. The molecule has 0 saturated carbocycles. The summed E-state index contributed by atoms with van der Waals surface area (Å²) < 4.78 is 5.30. The highest BCUT2D eigenvalue weighted by Gasteiger charge is 2.23. The van der Waals surface area contributed by atoms with Gasteiger partial charge in [-0.15, -0.1) is 11.3 Å². The van der Waals surface area contributed by atoms with Crippen LogP contribution in [-0.2, 0) is 9.53 Å². The fourth-order valence-corrected chi connectivity index (χ4v) is 4.88. The lowest BCUT2D eigenvalue weighted by Crippen LogP contribution is -2.44. The molecule has 1 atom stereocenters. The van der Waals surface area contributed by atoms with E-state index in [1.54, 1.807) is 36.5 Å². The van der Waals surface area contributed by atoms with Crippen LogP contribution in [0.1, 0.15) is 34.6 Å². The molecule has 31 heavy (non-hydrogen) atoms. The van der Waals surface area contributed by atoms with Crippen molar-refractivity contribution < 1.29 is 19.1 Å². The Kier molecular flexibility index (Phi) is 7.24. The maximum Gasteiger partial charge on any atom is 0.340 e. The number of nitrogens with one attached hydrogen (secondary N) is 2. The number of ether oxygens (including phenoxy) is 1. The molecule has 8 nitrogen and oxygen atoms in total. The van der Waals surface area contributed by atoms with E-state index < -0.39 is 24.0 Å². The highest BCUT2D eigenvalue weighted by molar-refractivity contribution is 7.99. The first-order valence-corrected chi connectivity index (χ1v) is 11.2. The second-order valence-electron chi connectivity index (χ2n) is 6.64. The van der Waals surface area contributed by atoms with Crippen molar-refractivity contribution in [3.63, 3.8) is 0 Å². The smallest absolute Gasteiger partial charge is 0.340 e. The van der Waals surface area contributed by atoms with Crippen LogP contribution < -0.4 is 10.6 Å². The SMILES string of the molecule is CCNC(=O)NC(=O)C(C)OC(=O)c1ccccc1Sc1ncnc2sc(C)c(C)c12. The molecule has 3 amide bonds. The number of benzene rings is 1. The summed E-state index contributed by atoms with van der Waals surface area (Å²) in [5.74, 6) is -1.36. The number of rotatable bonds is 6. The van der Waals surface area contributed by atoms with Gasteiger partial charge < -0.3 is 10.1 Å². The Hall–Kier alpha value is -2.98. The molecule has 0 fully saturated rings. The van der Waals surface area contributed by atoms with Crippen LogP contribution in [0.5, 0.6) is 0 Å². The summed E-state index contributed by atoms with van der Waals surface area (Å²) in [5, 5.41) is 6.29. The van der Waals surface area contributed by atoms with Gasteiger partial charge in [0.05, 0.1) is 5.56 Å². The second-order valence-corrected chi connectivity index (χ2v) is 8.87. The third-order valence-electron chi connectivity index (χ3n) is 4.47. The Morgan fingerprint density at radius 3 is 2.68 bits per heavy atom. The number of aryl methyl sites for hydroxylation is 2. The van der Waals surface area contributed by atoms with E-state index in [1.807, 2.05) is 19.9 Å². The highest BCUT2D eigenvalue weighted by atomic mass is 32.2. The zero-order chi connectivity index (χ0) is 22.5. The summed E-state index contributed by atoms with van der Waals surface area (Å²) in [7, 11) is 0. The molecule has 0 saturated heterocycles. The molecule has 3 aromatic rings. The minimum absolute atomic E-state index is 0.307. The molecule has 10 heteroatoms. The minimum Gasteiger partial charge on any atom is -0.449 e. The Labute approximate surface area is 187 Å². The zero-order valence-corrected chi connectivity index (χ0v) is 19.1. The summed E-state index contributed by atoms with van der Waals surface area (Å²) >= 11 is 2.94. The van der Waals surface area contributed by atoms with Crippen molar-refractivity contribution in [1.82, 2.24) is 20.6 Å². The first kappa shape index (κ1) is 22.7. The van der Waals surface area contributed by atoms with Gasteiger partial charge in [-0.2, -0.15) is 0 Å². The number of amides is 3. The Bertz CT molecular complexity index is 1150. The van der Waals surface area contributed by atoms with Crippen molar-refractivity contribution in [3.05, 3.63) is 46.6 Å². The molecule has 0 aliphatic heterocycles. The molecule has 0 aliphatic rings. The van der Waals surface area contributed by atoms with Crippen LogP contribution in [0.15, 0.2) is 40.5 Å². The molecule has 1 aromatic carbocycles. The molecule has 3 rings (SSSR count). The summed E-state index contributed by atoms with van der Waals surface area (Å²) in [4.78, 5) is 47.8. The van der Waals surface area contributed by atoms with Gasteiger partial charge in [0, 0.05) is 21.7 Å². The number of carbonyl (C=O) groups is 3. The van der Waals surface area contributed by atoms with Gasteiger partial charge in [0.1, 0.15) is 16.2 Å². The van der Waals surface area contributed by atoms with Gasteiger partial charge in [-0.1, -0.05) is 23.9 Å². The molecule has 0 spiro atoms. The molecule has 2 N–H and O–H groups in total. The Morgan fingerprint density at radius 1 is 1.19 bits per heavy atom. The predicted molar refractivity (Wildman–Crippen MR) is 120 cm³/mol. The summed E-state index contributed by atoms with van der Waals surface area (Å²) in [6.45, 7) is 7.57. The molecular formula is C21H22N4O4S2. The van der Waals surface area contributed by atoms with Crippen molar-refractivity contribution in [2.24, 2.45) is 0 Å². The van der Waals surface area contributed by atoms with E-state index in [0.29, 0.717) is 17.0 Å². The van der Waals surface area contributed by atoms with Crippen molar-refractivity contribution in [2.45, 2.75) is 43.7 Å². The van der Waals surface area contributed by atoms with E-state index in [4.69, 9.17) is 4.74 Å². The predicted octanol–water partition coefficient (Wildman–Crippen LogP) is 3.85. The number of aromatic nitrogens is 2. The van der Waals surface area contributed by atoms with Crippen LogP contribution >= 0.6 is 23.1 Å². The standard InChI is InChI=1S/C21H22N4O4S2/c1-5-22-21(28)25-17(26)12(3)29-20(27)14-8-6-7-9-15(14)31-19-16-11(2)13(4)30-18(16)23-10-24-19/h6-10,12H,5H2,1-4H3,(H2,22,25,26,28). The van der Waals surface area contributed by atoms with Gasteiger partial charge in [0.15, 0.2) is 6.10 Å². The largest absolute Gasteiger partial charge is 0.449 e. The van der Waals surface area contributed by atoms with E-state index in [0.717, 1.165) is 25.7 Å². The number of urea groups is 1. The maximum atomic E-state index is 12.8. The normalized spacial score (nSPS) is 11.7. The highest BCUT2D eigenvalue weighted by Crippen LogP contribution is 2.38. The number of carbonyl (C=O) groups excluding carboxylic acids is 3. The van der Waals surface area contributed by atoms with Crippen LogP contribution in [0.25, 0.3) is 10.2 Å². The summed E-state index contributed by atoms with van der Waals surface area (Å²) in [6, 6.07) is 6.32.